The second kappa shape index (κ2) is 34.7. The van der Waals surface area contributed by atoms with E-state index < -0.39 is 125 Å². The van der Waals surface area contributed by atoms with Crippen LogP contribution in [0.1, 0.15) is 99.5 Å². The third-order valence-corrected chi connectivity index (χ3v) is 19.4. The lowest BCUT2D eigenvalue weighted by Crippen LogP contribution is -2.62. The Morgan fingerprint density at radius 3 is 1.92 bits per heavy atom. The molecule has 97 heavy (non-hydrogen) atoms. The minimum Gasteiger partial charge on any atom is -0.508 e. The average Bonchev–Trinajstić information content (AvgIpc) is 1.68. The quantitative estimate of drug-likeness (QED) is 0.0254. The van der Waals surface area contributed by atoms with Gasteiger partial charge < -0.3 is 79.1 Å². The Balaban J connectivity index is 0.836. The molecule has 2 aliphatic heterocycles. The van der Waals surface area contributed by atoms with Crippen LogP contribution >= 0.6 is 23.5 Å². The number of nitrogens with one attached hydrogen (secondary N) is 8. The Bertz CT molecular complexity index is 3820. The number of likely N-dealkylation sites (tertiary alicyclic amines) is 2. The number of carbonyl (C=O) groups excluding carboxylic acids is 10. The normalized spacial score (nSPS) is 17.2. The first-order chi connectivity index (χ1) is 46.4. The number of phenolic OH excluding ortho intramolecular Hbond substituents is 1. The van der Waals surface area contributed by atoms with Crippen LogP contribution in [0.2, 0.25) is 0 Å². The molecule has 2 aromatic heterocycles. The summed E-state index contributed by atoms with van der Waals surface area (Å²) in [6.07, 6.45) is 4.32. The summed E-state index contributed by atoms with van der Waals surface area (Å²) in [5.74, 6) is -6.21. The van der Waals surface area contributed by atoms with Gasteiger partial charge in [-0.3, -0.25) is 47.9 Å². The van der Waals surface area contributed by atoms with Crippen molar-refractivity contribution in [2.24, 2.45) is 17.2 Å². The fourth-order valence-electron chi connectivity index (χ4n) is 12.1. The van der Waals surface area contributed by atoms with E-state index in [0.717, 1.165) is 11.1 Å². The molecule has 25 nitrogen and oxygen atoms in total. The van der Waals surface area contributed by atoms with Crippen molar-refractivity contribution in [1.82, 2.24) is 51.7 Å². The van der Waals surface area contributed by atoms with Crippen LogP contribution in [0.5, 0.6) is 5.75 Å². The summed E-state index contributed by atoms with van der Waals surface area (Å²) in [5, 5.41) is 36.8. The first-order valence-corrected chi connectivity index (χ1v) is 34.6. The minimum atomic E-state index is -1.44. The number of aliphatic hydroxyl groups is 1. The molecular weight excluding hydrogens is 1290 g/mol. The second-order valence-electron chi connectivity index (χ2n) is 24.8. The molecular formula is C68H85F2N13O12S2. The van der Waals surface area contributed by atoms with Crippen LogP contribution in [0.15, 0.2) is 97.3 Å². The van der Waals surface area contributed by atoms with Crippen LogP contribution in [0.3, 0.4) is 0 Å². The van der Waals surface area contributed by atoms with Gasteiger partial charge in [0.1, 0.15) is 59.2 Å². The zero-order valence-corrected chi connectivity index (χ0v) is 55.7. The standard InChI is InChI=1S/C68H85F2N13O12S2/c1-39(84)26-59(87)79-54(28-40-12-16-47(85)17-13-40)66(94)83-24-7-21-68(83,2)67(95)81-56(61(72)89)38-97-37-42-9-5-8-41(27-42)36-96-25-20-58(86)77-52(10-3-4-22-71)63(91)76-35-60(88)78-53(29-43-33-74-50-18-14-45(69)31-48(43)50)64(92)80-55(65(93)82-23-6-11-57(82)62(73)90)30-44-34-75-51-19-15-46(70)32-49(44)51/h5,8-9,12-19,27,31-34,39,52-57,74-75,84-85H,3-4,6-7,10-11,20-26,28-30,35-38,71H2,1-2H3,(H2,72,89)(H2,73,90)(H,76,91)(H,77,86)(H,78,88)(H,79,87)(H,80,92)(H,81,95)/t39-,52+,53+,54+,55+,56+,57+,68+/m1/s1. The Morgan fingerprint density at radius 2 is 1.29 bits per heavy atom. The van der Waals surface area contributed by atoms with Crippen molar-refractivity contribution in [3.63, 3.8) is 0 Å². The summed E-state index contributed by atoms with van der Waals surface area (Å²) < 4.78 is 29.2. The molecule has 8 atom stereocenters. The van der Waals surface area contributed by atoms with Crippen LogP contribution in [0.4, 0.5) is 8.78 Å². The third-order valence-electron chi connectivity index (χ3n) is 17.3. The molecule has 4 aromatic carbocycles. The molecule has 6 aromatic rings. The van der Waals surface area contributed by atoms with Gasteiger partial charge in [-0.1, -0.05) is 36.4 Å². The van der Waals surface area contributed by atoms with Crippen LogP contribution in [-0.2, 0) is 78.7 Å². The van der Waals surface area contributed by atoms with Gasteiger partial charge in [-0.25, -0.2) is 8.78 Å². The maximum atomic E-state index is 14.6. The summed E-state index contributed by atoms with van der Waals surface area (Å²) in [7, 11) is 0. The molecule has 0 unspecified atom stereocenters. The second-order valence-corrected chi connectivity index (χ2v) is 26.9. The number of amides is 10. The highest BCUT2D eigenvalue weighted by atomic mass is 32.2. The molecule has 0 radical (unpaired) electrons. The van der Waals surface area contributed by atoms with Gasteiger partial charge in [0.2, 0.25) is 59.1 Å². The number of hydrogen-bond acceptors (Lipinski definition) is 15. The summed E-state index contributed by atoms with van der Waals surface area (Å²) in [6.45, 7) is 3.10. The molecule has 4 heterocycles. The highest BCUT2D eigenvalue weighted by Crippen LogP contribution is 2.32. The van der Waals surface area contributed by atoms with E-state index in [4.69, 9.17) is 17.2 Å². The SMILES string of the molecule is C[C@@H](O)CC(=O)N[C@@H](Cc1ccc(O)cc1)C(=O)N1CCC[C@@]1(C)C(=O)N[C@@H](CSCc1cccc(CSCCC(=O)N[C@@H](CCCCN)C(=O)NCC(=O)N[C@@H](Cc2c[nH]c3ccc(F)cc23)C(=O)N[C@@H](Cc2c[nH]c3ccc(F)cc23)C(=O)N2CCC[C@H]2C(N)=O)c1)C(N)=O. The first-order valence-electron chi connectivity index (χ1n) is 32.3. The molecule has 0 aliphatic carbocycles. The molecule has 10 amide bonds. The van der Waals surface area contributed by atoms with Crippen molar-refractivity contribution in [3.05, 3.63) is 137 Å². The molecule has 0 saturated carbocycles. The molecule has 0 bridgehead atoms. The smallest absolute Gasteiger partial charge is 0.246 e. The van der Waals surface area contributed by atoms with Crippen molar-refractivity contribution in [2.45, 2.75) is 150 Å². The predicted octanol–water partition coefficient (Wildman–Crippen LogP) is 3.00. The van der Waals surface area contributed by atoms with Gasteiger partial charge >= 0.3 is 0 Å². The molecule has 16 N–H and O–H groups in total. The van der Waals surface area contributed by atoms with E-state index in [2.05, 4.69) is 41.9 Å². The van der Waals surface area contributed by atoms with Gasteiger partial charge in [0.05, 0.1) is 19.1 Å². The molecule has 520 valence electrons. The topological polar surface area (TPSA) is 399 Å². The number of aromatic hydroxyl groups is 1. The van der Waals surface area contributed by atoms with Crippen LogP contribution in [-0.4, -0.2) is 175 Å². The Morgan fingerprint density at radius 1 is 0.670 bits per heavy atom. The number of unbranched alkanes of at least 4 members (excludes halogenated alkanes) is 1. The first kappa shape index (κ1) is 73.7. The molecule has 0 spiro atoms. The minimum absolute atomic E-state index is 0.0184. The van der Waals surface area contributed by atoms with Gasteiger partial charge in [0, 0.05) is 96.0 Å². The number of H-pyrrole nitrogens is 2. The van der Waals surface area contributed by atoms with Crippen molar-refractivity contribution >= 4 is 104 Å². The Labute approximate surface area is 568 Å². The van der Waals surface area contributed by atoms with Gasteiger partial charge in [-0.15, -0.1) is 0 Å². The molecule has 2 fully saturated rings. The number of nitrogens with two attached hydrogens (primary N) is 3. The van der Waals surface area contributed by atoms with Crippen LogP contribution in [0, 0.1) is 11.6 Å². The fourth-order valence-corrected chi connectivity index (χ4v) is 14.1. The van der Waals surface area contributed by atoms with Crippen molar-refractivity contribution in [2.75, 3.05) is 37.7 Å². The number of aliphatic hydroxyl groups excluding tert-OH is 1. The molecule has 29 heteroatoms. The van der Waals surface area contributed by atoms with Crippen LogP contribution in [0.25, 0.3) is 21.8 Å². The highest BCUT2D eigenvalue weighted by Gasteiger charge is 2.48. The van der Waals surface area contributed by atoms with E-state index in [1.807, 2.05) is 24.3 Å². The number of aromatic amines is 2. The van der Waals surface area contributed by atoms with E-state index in [9.17, 15) is 66.9 Å². The summed E-state index contributed by atoms with van der Waals surface area (Å²) >= 11 is 2.84. The van der Waals surface area contributed by atoms with Gasteiger partial charge in [0.25, 0.3) is 0 Å². The zero-order chi connectivity index (χ0) is 69.9. The fraction of sp³-hybridized carbons (Fsp3) is 0.441. The lowest BCUT2D eigenvalue weighted by Gasteiger charge is -2.37. The van der Waals surface area contributed by atoms with Gasteiger partial charge in [-0.2, -0.15) is 23.5 Å². The summed E-state index contributed by atoms with van der Waals surface area (Å²) in [5.41, 5.74) is 20.4. The number of fused-ring (bicyclic) bond motifs is 2. The van der Waals surface area contributed by atoms with E-state index in [1.54, 1.807) is 31.5 Å². The van der Waals surface area contributed by atoms with Gasteiger partial charge in [0.15, 0.2) is 0 Å². The van der Waals surface area contributed by atoms with Crippen molar-refractivity contribution < 1.29 is 66.9 Å². The number of primary amides is 2. The molecule has 2 saturated heterocycles. The zero-order valence-electron chi connectivity index (χ0n) is 54.1. The van der Waals surface area contributed by atoms with E-state index in [0.29, 0.717) is 94.4 Å². The number of benzene rings is 4. The summed E-state index contributed by atoms with van der Waals surface area (Å²) in [6, 6.07) is 14.9. The maximum absolute atomic E-state index is 14.6. The lowest BCUT2D eigenvalue weighted by molar-refractivity contribution is -0.147. The van der Waals surface area contributed by atoms with E-state index in [-0.39, 0.29) is 69.5 Å². The monoisotopic (exact) mass is 1380 g/mol. The van der Waals surface area contributed by atoms with E-state index >= 15 is 0 Å². The van der Waals surface area contributed by atoms with Crippen molar-refractivity contribution in [3.8, 4) is 5.75 Å². The predicted molar refractivity (Wildman–Crippen MR) is 363 cm³/mol. The molecule has 8 rings (SSSR count). The Hall–Kier alpha value is -9.06. The summed E-state index contributed by atoms with van der Waals surface area (Å²) in [4.78, 5) is 146. The van der Waals surface area contributed by atoms with Gasteiger partial charge in [-0.05, 0) is 142 Å². The number of thioether (sulfide) groups is 2. The lowest BCUT2D eigenvalue weighted by atomic mass is 9.95. The largest absolute Gasteiger partial charge is 0.508 e. The number of rotatable bonds is 35. The number of hydrogen-bond donors (Lipinski definition) is 13. The van der Waals surface area contributed by atoms with Crippen LogP contribution < -0.4 is 49.1 Å². The average molecular weight is 1380 g/mol. The van der Waals surface area contributed by atoms with Crippen molar-refractivity contribution in [1.29, 1.82) is 0 Å². The number of phenols is 1. The number of nitrogens with zero attached hydrogens (tertiary/aromatic N) is 2. The number of halogens is 2. The van der Waals surface area contributed by atoms with E-state index in [1.165, 1.54) is 88.8 Å². The maximum Gasteiger partial charge on any atom is 0.246 e. The highest BCUT2D eigenvalue weighted by molar-refractivity contribution is 7.98. The number of carbonyl (C=O) groups is 10. The number of aromatic nitrogens is 2. The molecule has 2 aliphatic rings. The third kappa shape index (κ3) is 20.5. The Kier molecular flexibility index (Phi) is 26.4.